The second kappa shape index (κ2) is 4.00. The van der Waals surface area contributed by atoms with Crippen LogP contribution in [0.15, 0.2) is 24.3 Å². The molecule has 0 spiro atoms. The van der Waals surface area contributed by atoms with Crippen molar-refractivity contribution in [3.05, 3.63) is 35.6 Å². The molecule has 0 heterocycles. The Balaban J connectivity index is 3.04. The largest absolute Gasteiger partial charge is 0.481 e. The molecule has 3 N–H and O–H groups in total. The number of nitrogens with two attached hydrogens (primary N) is 1. The molecule has 70 valence electrons. The number of benzene rings is 1. The van der Waals surface area contributed by atoms with Gasteiger partial charge in [-0.3, -0.25) is 4.79 Å². The summed E-state index contributed by atoms with van der Waals surface area (Å²) in [7, 11) is 0. The molecule has 0 aromatic heterocycles. The topological polar surface area (TPSA) is 63.3 Å². The van der Waals surface area contributed by atoms with Crippen LogP contribution in [0.4, 0.5) is 4.39 Å². The fourth-order valence-corrected chi connectivity index (χ4v) is 1.12. The number of carboxylic acid groups (broad SMARTS) is 1. The van der Waals surface area contributed by atoms with Crippen molar-refractivity contribution in [1.29, 1.82) is 0 Å². The van der Waals surface area contributed by atoms with Crippen molar-refractivity contribution in [1.82, 2.24) is 0 Å². The summed E-state index contributed by atoms with van der Waals surface area (Å²) in [6.45, 7) is -0.101. The lowest BCUT2D eigenvalue weighted by atomic mass is 9.99. The Morgan fingerprint density at radius 1 is 1.54 bits per heavy atom. The molecule has 0 aliphatic carbocycles. The van der Waals surface area contributed by atoms with Gasteiger partial charge >= 0.3 is 5.97 Å². The van der Waals surface area contributed by atoms with E-state index in [4.69, 9.17) is 10.8 Å². The standard InChI is InChI=1S/C9H10FNO2/c10-8-4-2-1-3-6(8)7(5-11)9(12)13/h1-4,7H,5,11H2,(H,12,13). The van der Waals surface area contributed by atoms with Crippen molar-refractivity contribution in [2.45, 2.75) is 5.92 Å². The number of rotatable bonds is 3. The molecule has 1 aromatic carbocycles. The SMILES string of the molecule is NCC(C(=O)O)c1ccccc1F. The van der Waals surface area contributed by atoms with Gasteiger partial charge in [-0.05, 0) is 6.07 Å². The quantitative estimate of drug-likeness (QED) is 0.733. The third kappa shape index (κ3) is 2.03. The molecule has 3 nitrogen and oxygen atoms in total. The van der Waals surface area contributed by atoms with E-state index < -0.39 is 17.7 Å². The van der Waals surface area contributed by atoms with Crippen molar-refractivity contribution < 1.29 is 14.3 Å². The summed E-state index contributed by atoms with van der Waals surface area (Å²) in [5.41, 5.74) is 5.36. The maximum absolute atomic E-state index is 13.1. The first-order valence-electron chi connectivity index (χ1n) is 3.84. The molecule has 1 unspecified atom stereocenters. The van der Waals surface area contributed by atoms with Crippen molar-refractivity contribution in [3.63, 3.8) is 0 Å². The minimum atomic E-state index is -1.10. The average Bonchev–Trinajstić information content (AvgIpc) is 2.09. The Morgan fingerprint density at radius 2 is 2.15 bits per heavy atom. The zero-order chi connectivity index (χ0) is 9.84. The smallest absolute Gasteiger partial charge is 0.312 e. The number of carbonyl (C=O) groups is 1. The third-order valence-corrected chi connectivity index (χ3v) is 1.81. The molecule has 0 bridgehead atoms. The summed E-state index contributed by atoms with van der Waals surface area (Å²) < 4.78 is 13.1. The van der Waals surface area contributed by atoms with E-state index in [-0.39, 0.29) is 12.1 Å². The lowest BCUT2D eigenvalue weighted by Gasteiger charge is -2.10. The molecule has 0 saturated carbocycles. The molecule has 1 rings (SSSR count). The van der Waals surface area contributed by atoms with E-state index in [0.717, 1.165) is 0 Å². The Bertz CT molecular complexity index is 314. The third-order valence-electron chi connectivity index (χ3n) is 1.81. The molecule has 13 heavy (non-hydrogen) atoms. The van der Waals surface area contributed by atoms with Gasteiger partial charge in [-0.2, -0.15) is 0 Å². The van der Waals surface area contributed by atoms with E-state index in [0.29, 0.717) is 0 Å². The molecule has 0 aliphatic heterocycles. The number of carboxylic acids is 1. The normalized spacial score (nSPS) is 12.5. The predicted molar refractivity (Wildman–Crippen MR) is 45.8 cm³/mol. The molecular weight excluding hydrogens is 173 g/mol. The number of hydrogen-bond acceptors (Lipinski definition) is 2. The van der Waals surface area contributed by atoms with E-state index in [1.165, 1.54) is 18.2 Å². The van der Waals surface area contributed by atoms with Gasteiger partial charge in [-0.1, -0.05) is 18.2 Å². The van der Waals surface area contributed by atoms with Crippen molar-refractivity contribution in [2.75, 3.05) is 6.54 Å². The van der Waals surface area contributed by atoms with Crippen LogP contribution in [0.3, 0.4) is 0 Å². The van der Waals surface area contributed by atoms with Crippen LogP contribution in [0.2, 0.25) is 0 Å². The van der Waals surface area contributed by atoms with E-state index in [9.17, 15) is 9.18 Å². The van der Waals surface area contributed by atoms with Gasteiger partial charge in [-0.15, -0.1) is 0 Å². The summed E-state index contributed by atoms with van der Waals surface area (Å²) >= 11 is 0. The summed E-state index contributed by atoms with van der Waals surface area (Å²) in [6, 6.07) is 5.75. The Morgan fingerprint density at radius 3 is 2.62 bits per heavy atom. The molecule has 0 aliphatic rings. The molecule has 1 atom stereocenters. The maximum atomic E-state index is 13.1. The highest BCUT2D eigenvalue weighted by Crippen LogP contribution is 2.17. The number of halogens is 1. The second-order valence-corrected chi connectivity index (χ2v) is 2.65. The van der Waals surface area contributed by atoms with Crippen LogP contribution in [0.5, 0.6) is 0 Å². The number of aliphatic carboxylic acids is 1. The van der Waals surface area contributed by atoms with Crippen LogP contribution in [-0.4, -0.2) is 17.6 Å². The van der Waals surface area contributed by atoms with E-state index in [1.807, 2.05) is 0 Å². The second-order valence-electron chi connectivity index (χ2n) is 2.65. The zero-order valence-electron chi connectivity index (χ0n) is 6.90. The monoisotopic (exact) mass is 183 g/mol. The van der Waals surface area contributed by atoms with Gasteiger partial charge in [0.05, 0.1) is 5.92 Å². The van der Waals surface area contributed by atoms with Gasteiger partial charge < -0.3 is 10.8 Å². The summed E-state index contributed by atoms with van der Waals surface area (Å²) in [6.07, 6.45) is 0. The van der Waals surface area contributed by atoms with Crippen LogP contribution >= 0.6 is 0 Å². The first-order valence-corrected chi connectivity index (χ1v) is 3.84. The summed E-state index contributed by atoms with van der Waals surface area (Å²) in [4.78, 5) is 10.6. The Hall–Kier alpha value is -1.42. The molecule has 0 amide bonds. The van der Waals surface area contributed by atoms with Crippen molar-refractivity contribution in [2.24, 2.45) is 5.73 Å². The highest BCUT2D eigenvalue weighted by Gasteiger charge is 2.20. The molecule has 1 aromatic rings. The minimum absolute atomic E-state index is 0.101. The number of hydrogen-bond donors (Lipinski definition) is 2. The average molecular weight is 183 g/mol. The zero-order valence-corrected chi connectivity index (χ0v) is 6.90. The highest BCUT2D eigenvalue weighted by atomic mass is 19.1. The van der Waals surface area contributed by atoms with Crippen LogP contribution in [0.1, 0.15) is 11.5 Å². The van der Waals surface area contributed by atoms with Crippen LogP contribution in [-0.2, 0) is 4.79 Å². The van der Waals surface area contributed by atoms with Gasteiger partial charge in [0.2, 0.25) is 0 Å². The molecule has 0 saturated heterocycles. The molecule has 0 radical (unpaired) electrons. The van der Waals surface area contributed by atoms with Crippen molar-refractivity contribution >= 4 is 5.97 Å². The predicted octanol–water partition coefficient (Wildman–Crippen LogP) is 0.953. The van der Waals surface area contributed by atoms with Gasteiger partial charge in [0.25, 0.3) is 0 Å². The Kier molecular flexibility index (Phi) is 2.97. The van der Waals surface area contributed by atoms with Crippen LogP contribution < -0.4 is 5.73 Å². The van der Waals surface area contributed by atoms with Crippen LogP contribution in [0, 0.1) is 5.82 Å². The highest BCUT2D eigenvalue weighted by molar-refractivity contribution is 5.76. The molecular formula is C9H10FNO2. The van der Waals surface area contributed by atoms with Gasteiger partial charge in [-0.25, -0.2) is 4.39 Å². The van der Waals surface area contributed by atoms with Crippen molar-refractivity contribution in [3.8, 4) is 0 Å². The fourth-order valence-electron chi connectivity index (χ4n) is 1.12. The summed E-state index contributed by atoms with van der Waals surface area (Å²) in [5, 5.41) is 8.70. The Labute approximate surface area is 75.0 Å². The first-order chi connectivity index (χ1) is 6.16. The van der Waals surface area contributed by atoms with E-state index in [1.54, 1.807) is 6.07 Å². The lowest BCUT2D eigenvalue weighted by Crippen LogP contribution is -2.22. The summed E-state index contributed by atoms with van der Waals surface area (Å²) in [5.74, 6) is -2.59. The van der Waals surface area contributed by atoms with E-state index in [2.05, 4.69) is 0 Å². The lowest BCUT2D eigenvalue weighted by molar-refractivity contribution is -0.138. The van der Waals surface area contributed by atoms with Gasteiger partial charge in [0.15, 0.2) is 0 Å². The van der Waals surface area contributed by atoms with Crippen LogP contribution in [0.25, 0.3) is 0 Å². The fraction of sp³-hybridized carbons (Fsp3) is 0.222. The van der Waals surface area contributed by atoms with E-state index >= 15 is 0 Å². The molecule has 0 fully saturated rings. The minimum Gasteiger partial charge on any atom is -0.481 e. The first kappa shape index (κ1) is 9.67. The molecule has 4 heteroatoms. The van der Waals surface area contributed by atoms with Gasteiger partial charge in [0, 0.05) is 12.1 Å². The van der Waals surface area contributed by atoms with Gasteiger partial charge in [0.1, 0.15) is 5.82 Å². The maximum Gasteiger partial charge on any atom is 0.312 e.